The number of cyclic esters (lactones) is 2. The number of benzene rings is 2. The molecule has 0 saturated heterocycles. The highest BCUT2D eigenvalue weighted by atomic mass is 35.5. The molecule has 2 aromatic rings. The van der Waals surface area contributed by atoms with E-state index in [-0.39, 0.29) is 25.8 Å². The summed E-state index contributed by atoms with van der Waals surface area (Å²) in [5.41, 5.74) is 6.42. The van der Waals surface area contributed by atoms with Crippen LogP contribution < -0.4 is 21.1 Å². The number of amides is 2. The molecule has 0 radical (unpaired) electrons. The van der Waals surface area contributed by atoms with Crippen LogP contribution in [-0.4, -0.2) is 74.3 Å². The molecule has 0 saturated carbocycles. The van der Waals surface area contributed by atoms with Gasteiger partial charge in [-0.3, -0.25) is 19.2 Å². The molecule has 12 nitrogen and oxygen atoms in total. The molecule has 7 atom stereocenters. The van der Waals surface area contributed by atoms with Crippen molar-refractivity contribution in [3.8, 4) is 5.75 Å². The van der Waals surface area contributed by atoms with Gasteiger partial charge in [-0.1, -0.05) is 88.7 Å². The van der Waals surface area contributed by atoms with E-state index < -0.39 is 83.2 Å². The van der Waals surface area contributed by atoms with Crippen LogP contribution >= 0.6 is 23.2 Å². The van der Waals surface area contributed by atoms with Crippen LogP contribution in [0.3, 0.4) is 0 Å². The van der Waals surface area contributed by atoms with Gasteiger partial charge in [0.05, 0.1) is 30.0 Å². The van der Waals surface area contributed by atoms with E-state index in [1.165, 1.54) is 19.3 Å². The maximum absolute atomic E-state index is 13.8. The van der Waals surface area contributed by atoms with Gasteiger partial charge in [0.1, 0.15) is 24.0 Å². The quantitative estimate of drug-likeness (QED) is 0.173. The number of esters is 3. The number of methoxy groups -OCH3 is 1. The van der Waals surface area contributed by atoms with Crippen molar-refractivity contribution in [1.82, 2.24) is 10.6 Å². The second-order valence-electron chi connectivity index (χ2n) is 14.0. The number of rotatable bonds is 10. The number of alkyl halides is 1. The van der Waals surface area contributed by atoms with Crippen molar-refractivity contribution in [2.75, 3.05) is 20.2 Å². The standard InChI is InChI=1S/C38H49Cl2N3O9/c1-22-21-42-35(46)27(18-24-15-16-29(49-6)26(39)17-24)43-31(44)14-10-13-28(50-37(48)30(51-36(22)47)19-38(3,4)5)23(2)34(52-32(45)20-41)33(40)25-11-8-7-9-12-25/h7-12,14-17,22-23,27-28,30,33-34H,13,18-21,41H2,1-6H3,(H,42,46)(H,43,44)/b14-10+. The highest BCUT2D eigenvalue weighted by Crippen LogP contribution is 2.35. The summed E-state index contributed by atoms with van der Waals surface area (Å²) >= 11 is 13.2. The Hall–Kier alpha value is -4.13. The predicted molar refractivity (Wildman–Crippen MR) is 197 cm³/mol. The molecular weight excluding hydrogens is 713 g/mol. The third-order valence-corrected chi connectivity index (χ3v) is 9.24. The summed E-state index contributed by atoms with van der Waals surface area (Å²) in [5.74, 6) is -4.59. The minimum atomic E-state index is -1.31. The fourth-order valence-corrected chi connectivity index (χ4v) is 6.23. The molecule has 0 spiro atoms. The van der Waals surface area contributed by atoms with Crippen LogP contribution in [0.5, 0.6) is 5.75 Å². The van der Waals surface area contributed by atoms with Gasteiger partial charge in [-0.2, -0.15) is 0 Å². The van der Waals surface area contributed by atoms with Gasteiger partial charge in [-0.05, 0) is 34.8 Å². The molecule has 4 N–H and O–H groups in total. The largest absolute Gasteiger partial charge is 0.495 e. The Morgan fingerprint density at radius 1 is 1.06 bits per heavy atom. The van der Waals surface area contributed by atoms with Crippen LogP contribution in [0.1, 0.15) is 64.0 Å². The molecule has 0 bridgehead atoms. The molecule has 3 rings (SSSR count). The van der Waals surface area contributed by atoms with E-state index in [1.807, 2.05) is 26.8 Å². The zero-order chi connectivity index (χ0) is 38.6. The average molecular weight is 763 g/mol. The molecule has 2 amide bonds. The Balaban J connectivity index is 2.02. The van der Waals surface area contributed by atoms with Crippen molar-refractivity contribution >= 4 is 52.9 Å². The fraction of sp³-hybridized carbons (Fsp3) is 0.500. The van der Waals surface area contributed by atoms with Crippen LogP contribution in [0.4, 0.5) is 0 Å². The van der Waals surface area contributed by atoms with Gasteiger partial charge in [-0.25, -0.2) is 4.79 Å². The number of carbonyl (C=O) groups excluding carboxylic acids is 5. The van der Waals surface area contributed by atoms with Gasteiger partial charge in [0, 0.05) is 31.7 Å². The number of hydrogen-bond donors (Lipinski definition) is 3. The number of carbonyl (C=O) groups is 5. The van der Waals surface area contributed by atoms with E-state index in [0.717, 1.165) is 0 Å². The molecule has 0 aliphatic carbocycles. The van der Waals surface area contributed by atoms with Crippen molar-refractivity contribution in [2.45, 2.75) is 83.6 Å². The molecule has 1 heterocycles. The highest BCUT2D eigenvalue weighted by Gasteiger charge is 2.39. The van der Waals surface area contributed by atoms with Crippen molar-refractivity contribution < 1.29 is 42.9 Å². The Kier molecular flexibility index (Phi) is 16.0. The predicted octanol–water partition coefficient (Wildman–Crippen LogP) is 4.83. The zero-order valence-electron chi connectivity index (χ0n) is 30.4. The van der Waals surface area contributed by atoms with Gasteiger partial charge in [0.15, 0.2) is 6.10 Å². The summed E-state index contributed by atoms with van der Waals surface area (Å²) in [7, 11) is 1.48. The first-order valence-corrected chi connectivity index (χ1v) is 17.9. The molecule has 1 aliphatic heterocycles. The van der Waals surface area contributed by atoms with Crippen LogP contribution in [0, 0.1) is 17.3 Å². The SMILES string of the molecule is COc1ccc(CC2NC(=O)/C=C/CC(C(C)C(OC(=O)CN)C(Cl)c3ccccc3)OC(=O)C(CC(C)(C)C)OC(=O)C(C)CNC2=O)cc1Cl. The Bertz CT molecular complexity index is 1580. The topological polar surface area (TPSA) is 172 Å². The molecule has 14 heteroatoms. The summed E-state index contributed by atoms with van der Waals surface area (Å²) in [5, 5.41) is 4.89. The summed E-state index contributed by atoms with van der Waals surface area (Å²) in [6.07, 6.45) is -0.490. The monoisotopic (exact) mass is 761 g/mol. The van der Waals surface area contributed by atoms with E-state index in [4.69, 9.17) is 47.9 Å². The minimum absolute atomic E-state index is 0.0348. The minimum Gasteiger partial charge on any atom is -0.495 e. The first-order valence-electron chi connectivity index (χ1n) is 17.1. The van der Waals surface area contributed by atoms with Gasteiger partial charge < -0.3 is 35.3 Å². The lowest BCUT2D eigenvalue weighted by atomic mass is 9.88. The normalized spacial score (nSPS) is 23.2. The second kappa shape index (κ2) is 19.6. The van der Waals surface area contributed by atoms with Crippen LogP contribution in [0.25, 0.3) is 0 Å². The molecular formula is C38H49Cl2N3O9. The molecule has 52 heavy (non-hydrogen) atoms. The van der Waals surface area contributed by atoms with E-state index in [1.54, 1.807) is 56.3 Å². The van der Waals surface area contributed by atoms with Gasteiger partial charge >= 0.3 is 17.9 Å². The number of hydrogen-bond acceptors (Lipinski definition) is 10. The molecule has 0 aromatic heterocycles. The number of halogens is 2. The van der Waals surface area contributed by atoms with E-state index in [9.17, 15) is 24.0 Å². The fourth-order valence-electron chi connectivity index (χ4n) is 5.52. The lowest BCUT2D eigenvalue weighted by Gasteiger charge is -2.34. The molecule has 284 valence electrons. The number of nitrogens with one attached hydrogen (secondary N) is 2. The van der Waals surface area contributed by atoms with Gasteiger partial charge in [0.25, 0.3) is 0 Å². The highest BCUT2D eigenvalue weighted by molar-refractivity contribution is 6.32. The van der Waals surface area contributed by atoms with E-state index in [2.05, 4.69) is 10.6 Å². The summed E-state index contributed by atoms with van der Waals surface area (Å²) < 4.78 is 22.7. The van der Waals surface area contributed by atoms with Crippen molar-refractivity contribution in [3.05, 3.63) is 76.8 Å². The smallest absolute Gasteiger partial charge is 0.347 e. The lowest BCUT2D eigenvalue weighted by Crippen LogP contribution is -2.49. The summed E-state index contributed by atoms with van der Waals surface area (Å²) in [4.78, 5) is 66.4. The number of ether oxygens (including phenoxy) is 4. The zero-order valence-corrected chi connectivity index (χ0v) is 31.9. The summed E-state index contributed by atoms with van der Waals surface area (Å²) in [6.45, 7) is 8.36. The maximum Gasteiger partial charge on any atom is 0.347 e. The molecule has 7 unspecified atom stereocenters. The second-order valence-corrected chi connectivity index (χ2v) is 14.9. The van der Waals surface area contributed by atoms with Crippen molar-refractivity contribution in [3.63, 3.8) is 0 Å². The third kappa shape index (κ3) is 12.8. The van der Waals surface area contributed by atoms with Gasteiger partial charge in [-0.15, -0.1) is 11.6 Å². The first-order chi connectivity index (χ1) is 24.5. The van der Waals surface area contributed by atoms with E-state index >= 15 is 0 Å². The average Bonchev–Trinajstić information content (AvgIpc) is 3.10. The molecule has 1 aliphatic rings. The van der Waals surface area contributed by atoms with Gasteiger partial charge in [0.2, 0.25) is 11.8 Å². The summed E-state index contributed by atoms with van der Waals surface area (Å²) in [6, 6.07) is 12.9. The number of nitrogens with two attached hydrogens (primary N) is 1. The Morgan fingerprint density at radius 2 is 1.75 bits per heavy atom. The van der Waals surface area contributed by atoms with E-state index in [0.29, 0.717) is 21.9 Å². The first kappa shape index (κ1) is 42.3. The van der Waals surface area contributed by atoms with Crippen LogP contribution in [-0.2, 0) is 44.6 Å². The van der Waals surface area contributed by atoms with Crippen molar-refractivity contribution in [2.24, 2.45) is 23.0 Å². The Labute approximate surface area is 315 Å². The van der Waals surface area contributed by atoms with Crippen molar-refractivity contribution in [1.29, 1.82) is 0 Å². The molecule has 0 fully saturated rings. The lowest BCUT2D eigenvalue weighted by molar-refractivity contribution is -0.179. The molecule has 2 aromatic carbocycles. The maximum atomic E-state index is 13.8. The van der Waals surface area contributed by atoms with Crippen LogP contribution in [0.2, 0.25) is 5.02 Å². The Morgan fingerprint density at radius 3 is 2.37 bits per heavy atom. The third-order valence-electron chi connectivity index (χ3n) is 8.44. The van der Waals surface area contributed by atoms with Crippen LogP contribution in [0.15, 0.2) is 60.7 Å².